The van der Waals surface area contributed by atoms with Gasteiger partial charge in [0.1, 0.15) is 25.4 Å². The van der Waals surface area contributed by atoms with Crippen LogP contribution < -0.4 is 0 Å². The van der Waals surface area contributed by atoms with E-state index < -0.39 is 91.5 Å². The molecule has 5 unspecified atom stereocenters. The standard InChI is InChI=1S/C75H128O16P2/c1-4-7-10-13-16-19-22-25-28-30-32-33-34-35-37-39-41-43-46-49-52-55-58-61-73(78)85-64-70(76)65-87-92(81,82)88-66-71(77)67-89-93(83,84)90-69-72(91-75(80)63-60-57-54-51-48-45-40-27-24-21-18-15-12-9-6-3)68-86-74(79)62-59-56-53-50-47-44-42-38-36-31-29-26-23-20-17-14-11-8-5-2/h7,10,16-17,19-20,25-29,32-33,35-38,40-41,43,70-72,76-77H,4-6,8-9,11-15,18,21-24,30-31,34,39,42,44-69H2,1-3H3,(H,81,82)(H,83,84)/b10-7-,19-16-,20-17-,28-25-,29-26-,33-32-,37-35-,38-36-,40-27-,43-41-. The minimum atomic E-state index is -4.93. The molecule has 0 aromatic rings. The largest absolute Gasteiger partial charge is 0.472 e. The fourth-order valence-corrected chi connectivity index (χ4v) is 10.7. The van der Waals surface area contributed by atoms with Crippen molar-refractivity contribution in [3.8, 4) is 0 Å². The lowest BCUT2D eigenvalue weighted by atomic mass is 10.1. The fraction of sp³-hybridized carbons (Fsp3) is 0.693. The topological polar surface area (TPSA) is 231 Å². The second-order valence-corrected chi connectivity index (χ2v) is 26.6. The molecule has 0 rings (SSSR count). The van der Waals surface area contributed by atoms with Crippen molar-refractivity contribution in [1.82, 2.24) is 0 Å². The van der Waals surface area contributed by atoms with Gasteiger partial charge in [-0.2, -0.15) is 0 Å². The highest BCUT2D eigenvalue weighted by Crippen LogP contribution is 2.45. The molecule has 534 valence electrons. The number of unbranched alkanes of at least 4 members (excludes halogenated alkanes) is 24. The molecule has 0 fully saturated rings. The fourth-order valence-electron chi connectivity index (χ4n) is 9.16. The van der Waals surface area contributed by atoms with Gasteiger partial charge >= 0.3 is 33.6 Å². The van der Waals surface area contributed by atoms with Crippen LogP contribution in [-0.2, 0) is 55.8 Å². The number of carbonyl (C=O) groups is 3. The molecular weight excluding hydrogens is 1220 g/mol. The van der Waals surface area contributed by atoms with Gasteiger partial charge < -0.3 is 34.2 Å². The molecule has 0 aliphatic carbocycles. The highest BCUT2D eigenvalue weighted by atomic mass is 31.2. The number of aliphatic hydroxyl groups excluding tert-OH is 2. The van der Waals surface area contributed by atoms with Crippen molar-refractivity contribution in [1.29, 1.82) is 0 Å². The highest BCUT2D eigenvalue weighted by molar-refractivity contribution is 7.47. The Hall–Kier alpha value is -4.05. The van der Waals surface area contributed by atoms with Gasteiger partial charge in [-0.3, -0.25) is 32.5 Å². The SMILES string of the molecule is CC/C=C\C/C=C\C/C=C\C/C=C\C/C=C\C/C=C\CCCCCCC(=O)OCC(O)COP(=O)(O)OCC(O)COP(=O)(O)OCC(COC(=O)CCCCCCCC/C=C\C/C=C\C/C=C\CCCCC)OC(=O)CCCCCCC/C=C\CCCCCCCC. The van der Waals surface area contributed by atoms with Gasteiger partial charge in [0.2, 0.25) is 0 Å². The first-order chi connectivity index (χ1) is 45.2. The first-order valence-electron chi connectivity index (χ1n) is 35.8. The predicted octanol–water partition coefficient (Wildman–Crippen LogP) is 20.2. The Balaban J connectivity index is 4.68. The van der Waals surface area contributed by atoms with Crippen molar-refractivity contribution in [3.05, 3.63) is 122 Å². The van der Waals surface area contributed by atoms with Crippen LogP contribution in [0.4, 0.5) is 0 Å². The van der Waals surface area contributed by atoms with Crippen LogP contribution in [0.5, 0.6) is 0 Å². The van der Waals surface area contributed by atoms with E-state index in [9.17, 15) is 43.5 Å². The Morgan fingerprint density at radius 1 is 0.312 bits per heavy atom. The van der Waals surface area contributed by atoms with E-state index in [0.717, 1.165) is 161 Å². The number of hydrogen-bond acceptors (Lipinski definition) is 14. The Bertz CT molecular complexity index is 2180. The van der Waals surface area contributed by atoms with Crippen LogP contribution in [0.15, 0.2) is 122 Å². The summed E-state index contributed by atoms with van der Waals surface area (Å²) in [5.41, 5.74) is 0. The van der Waals surface area contributed by atoms with E-state index in [1.807, 2.05) is 0 Å². The van der Waals surface area contributed by atoms with E-state index in [-0.39, 0.29) is 19.3 Å². The molecule has 93 heavy (non-hydrogen) atoms. The minimum Gasteiger partial charge on any atom is -0.463 e. The maximum Gasteiger partial charge on any atom is 0.472 e. The normalized spacial score (nSPS) is 14.9. The van der Waals surface area contributed by atoms with Gasteiger partial charge in [0.15, 0.2) is 6.10 Å². The van der Waals surface area contributed by atoms with E-state index in [2.05, 4.69) is 142 Å². The summed E-state index contributed by atoms with van der Waals surface area (Å²) in [5, 5.41) is 20.6. The second kappa shape index (κ2) is 67.9. The predicted molar refractivity (Wildman–Crippen MR) is 380 cm³/mol. The summed E-state index contributed by atoms with van der Waals surface area (Å²) in [4.78, 5) is 58.5. The summed E-state index contributed by atoms with van der Waals surface area (Å²) in [6, 6.07) is 0. The molecule has 0 saturated heterocycles. The van der Waals surface area contributed by atoms with Crippen molar-refractivity contribution >= 4 is 33.6 Å². The molecule has 0 heterocycles. The smallest absolute Gasteiger partial charge is 0.463 e. The summed E-state index contributed by atoms with van der Waals surface area (Å²) in [6.45, 7) is 2.47. The maximum absolute atomic E-state index is 12.9. The Labute approximate surface area is 563 Å². The lowest BCUT2D eigenvalue weighted by Crippen LogP contribution is -2.30. The van der Waals surface area contributed by atoms with Crippen LogP contribution in [0.1, 0.15) is 278 Å². The van der Waals surface area contributed by atoms with Crippen molar-refractivity contribution in [2.75, 3.05) is 39.6 Å². The molecule has 0 aliphatic rings. The Kier molecular flexibility index (Phi) is 65.0. The van der Waals surface area contributed by atoms with Gasteiger partial charge in [0.05, 0.1) is 26.4 Å². The second-order valence-electron chi connectivity index (χ2n) is 23.6. The number of phosphoric acid groups is 2. The van der Waals surface area contributed by atoms with Gasteiger partial charge in [0.25, 0.3) is 0 Å². The maximum atomic E-state index is 12.9. The van der Waals surface area contributed by atoms with Gasteiger partial charge in [-0.1, -0.05) is 245 Å². The first-order valence-corrected chi connectivity index (χ1v) is 38.8. The van der Waals surface area contributed by atoms with Gasteiger partial charge in [-0.25, -0.2) is 9.13 Å². The van der Waals surface area contributed by atoms with E-state index in [4.69, 9.17) is 32.3 Å². The lowest BCUT2D eigenvalue weighted by molar-refractivity contribution is -0.161. The third-order valence-corrected chi connectivity index (χ3v) is 16.5. The zero-order valence-electron chi connectivity index (χ0n) is 57.9. The molecule has 0 amide bonds. The highest BCUT2D eigenvalue weighted by Gasteiger charge is 2.29. The van der Waals surface area contributed by atoms with Crippen LogP contribution >= 0.6 is 15.6 Å². The van der Waals surface area contributed by atoms with Crippen LogP contribution in [0, 0.1) is 0 Å². The summed E-state index contributed by atoms with van der Waals surface area (Å²) >= 11 is 0. The van der Waals surface area contributed by atoms with Gasteiger partial charge in [-0.05, 0) is 135 Å². The monoisotopic (exact) mass is 1350 g/mol. The van der Waals surface area contributed by atoms with Crippen molar-refractivity contribution in [3.63, 3.8) is 0 Å². The Morgan fingerprint density at radius 2 is 0.570 bits per heavy atom. The number of allylic oxidation sites excluding steroid dienone is 20. The van der Waals surface area contributed by atoms with Crippen LogP contribution in [-0.4, -0.2) is 95.9 Å². The minimum absolute atomic E-state index is 0.0893. The van der Waals surface area contributed by atoms with E-state index in [0.29, 0.717) is 19.3 Å². The number of aliphatic hydroxyl groups is 2. The van der Waals surface area contributed by atoms with Crippen LogP contribution in [0.25, 0.3) is 0 Å². The van der Waals surface area contributed by atoms with Crippen molar-refractivity contribution in [2.24, 2.45) is 0 Å². The zero-order chi connectivity index (χ0) is 68.1. The quantitative estimate of drug-likeness (QED) is 0.0146. The molecule has 0 aromatic heterocycles. The molecule has 0 aromatic carbocycles. The van der Waals surface area contributed by atoms with E-state index in [1.54, 1.807) is 0 Å². The number of ether oxygens (including phenoxy) is 3. The molecule has 18 heteroatoms. The number of esters is 3. The summed E-state index contributed by atoms with van der Waals surface area (Å²) < 4.78 is 60.9. The van der Waals surface area contributed by atoms with Crippen molar-refractivity contribution < 1.29 is 75.8 Å². The summed E-state index contributed by atoms with van der Waals surface area (Å²) in [5.74, 6) is -1.62. The summed E-state index contributed by atoms with van der Waals surface area (Å²) in [6.07, 6.45) is 78.1. The third kappa shape index (κ3) is 69.1. The molecule has 0 aliphatic heterocycles. The molecule has 16 nitrogen and oxygen atoms in total. The molecule has 5 atom stereocenters. The van der Waals surface area contributed by atoms with E-state index in [1.165, 1.54) is 57.8 Å². The van der Waals surface area contributed by atoms with Gasteiger partial charge in [0, 0.05) is 19.3 Å². The molecule has 4 N–H and O–H groups in total. The number of rotatable bonds is 67. The molecule has 0 bridgehead atoms. The molecule has 0 saturated carbocycles. The Morgan fingerprint density at radius 3 is 0.935 bits per heavy atom. The molecule has 0 radical (unpaired) electrons. The van der Waals surface area contributed by atoms with Crippen LogP contribution in [0.3, 0.4) is 0 Å². The third-order valence-electron chi connectivity index (χ3n) is 14.6. The van der Waals surface area contributed by atoms with E-state index >= 15 is 0 Å². The number of phosphoric ester groups is 2. The molecular formula is C75H128O16P2. The van der Waals surface area contributed by atoms with Gasteiger partial charge in [-0.15, -0.1) is 0 Å². The summed E-state index contributed by atoms with van der Waals surface area (Å²) in [7, 11) is -9.80. The van der Waals surface area contributed by atoms with Crippen LogP contribution in [0.2, 0.25) is 0 Å². The average molecular weight is 1350 g/mol. The zero-order valence-corrected chi connectivity index (χ0v) is 59.7. The first kappa shape index (κ1) is 89.0. The lowest BCUT2D eigenvalue weighted by Gasteiger charge is -2.21. The average Bonchev–Trinajstić information content (AvgIpc) is 3.74. The number of carbonyl (C=O) groups excluding carboxylic acids is 3. The number of hydrogen-bond donors (Lipinski definition) is 4. The molecule has 0 spiro atoms. The van der Waals surface area contributed by atoms with Crippen molar-refractivity contribution in [2.45, 2.75) is 296 Å².